The van der Waals surface area contributed by atoms with Crippen LogP contribution in [0.4, 0.5) is 5.69 Å². The summed E-state index contributed by atoms with van der Waals surface area (Å²) < 4.78 is 29.6. The van der Waals surface area contributed by atoms with Crippen LogP contribution in [-0.4, -0.2) is 17.9 Å². The van der Waals surface area contributed by atoms with Crippen LogP contribution in [0, 0.1) is 10.1 Å². The molecule has 0 atom stereocenters. The molecule has 0 fully saturated rings. The van der Waals surface area contributed by atoms with Crippen LogP contribution in [0.5, 0.6) is 0 Å². The molecule has 0 amide bonds. The molecule has 1 N–H and O–H groups in total. The van der Waals surface area contributed by atoms with Gasteiger partial charge in [0.2, 0.25) is 0 Å². The first-order valence-corrected chi connectivity index (χ1v) is 4.57. The third kappa shape index (κ3) is 3.08. The molecule has 78 valence electrons. The maximum atomic E-state index is 10.5. The van der Waals surface area contributed by atoms with Gasteiger partial charge in [-0.05, 0) is 6.07 Å². The van der Waals surface area contributed by atoms with Crippen LogP contribution in [-0.2, 0) is 27.2 Å². The minimum atomic E-state index is -4.36. The van der Waals surface area contributed by atoms with Crippen molar-refractivity contribution in [3.63, 3.8) is 0 Å². The Morgan fingerprint density at radius 1 is 1.36 bits per heavy atom. The number of benzene rings is 1. The fraction of sp³-hybridized carbons (Fsp3) is 0. The molecule has 0 saturated heterocycles. The van der Waals surface area contributed by atoms with Crippen molar-refractivity contribution in [2.75, 3.05) is 0 Å². The van der Waals surface area contributed by atoms with Crippen molar-refractivity contribution in [3.8, 4) is 0 Å². The summed E-state index contributed by atoms with van der Waals surface area (Å²) in [6.45, 7) is 0. The summed E-state index contributed by atoms with van der Waals surface area (Å²) in [6.07, 6.45) is 0. The first-order chi connectivity index (χ1) is 5.91. The van der Waals surface area contributed by atoms with E-state index >= 15 is 0 Å². The number of nitro groups is 1. The number of non-ortho nitro benzene ring substituents is 1. The first kappa shape index (κ1) is 13.0. The Balaban J connectivity index is 0.00000169. The largest absolute Gasteiger partial charge is 0.294 e. The van der Waals surface area contributed by atoms with E-state index < -0.39 is 19.9 Å². The molecule has 6 nitrogen and oxygen atoms in total. The van der Waals surface area contributed by atoms with E-state index in [9.17, 15) is 18.5 Å². The van der Waals surface area contributed by atoms with Gasteiger partial charge in [-0.1, -0.05) is 6.07 Å². The van der Waals surface area contributed by atoms with Crippen molar-refractivity contribution < 1.29 is 35.0 Å². The molecule has 1 aromatic rings. The van der Waals surface area contributed by atoms with E-state index in [-0.39, 0.29) is 22.8 Å². The Morgan fingerprint density at radius 2 is 1.93 bits per heavy atom. The quantitative estimate of drug-likeness (QED) is 0.367. The maximum Gasteiger partial charge on any atom is 0.294 e. The Hall–Kier alpha value is -0.951. The topological polar surface area (TPSA) is 97.5 Å². The molecule has 0 heterocycles. The van der Waals surface area contributed by atoms with Gasteiger partial charge in [-0.15, -0.1) is 0 Å². The van der Waals surface area contributed by atoms with E-state index in [0.717, 1.165) is 18.2 Å². The van der Waals surface area contributed by atoms with Crippen molar-refractivity contribution in [2.24, 2.45) is 0 Å². The summed E-state index contributed by atoms with van der Waals surface area (Å²) in [5, 5.41) is 10.2. The molecule has 0 unspecified atom stereocenters. The van der Waals surface area contributed by atoms with Gasteiger partial charge in [0.05, 0.1) is 4.92 Å². The van der Waals surface area contributed by atoms with Gasteiger partial charge in [0.1, 0.15) is 4.90 Å². The van der Waals surface area contributed by atoms with Crippen LogP contribution in [0.3, 0.4) is 0 Å². The standard InChI is InChI=1S/C6H5NO5S.Fe/c8-7(9)5-2-1-3-6(4-5)13(10,11)12;/h1-4H,(H,10,11,12);. The minimum Gasteiger partial charge on any atom is -0.282 e. The summed E-state index contributed by atoms with van der Waals surface area (Å²) in [5.74, 6) is 0. The summed E-state index contributed by atoms with van der Waals surface area (Å²) in [7, 11) is -4.36. The Kier molecular flexibility index (Phi) is 4.21. The van der Waals surface area contributed by atoms with E-state index in [2.05, 4.69) is 0 Å². The van der Waals surface area contributed by atoms with Crippen LogP contribution in [0.15, 0.2) is 29.2 Å². The molecule has 0 spiro atoms. The predicted octanol–water partition coefficient (Wildman–Crippen LogP) is 0.839. The zero-order valence-corrected chi connectivity index (χ0v) is 8.52. The molecule has 1 aromatic carbocycles. The van der Waals surface area contributed by atoms with Crippen LogP contribution in [0.25, 0.3) is 0 Å². The van der Waals surface area contributed by atoms with Crippen molar-refractivity contribution in [1.82, 2.24) is 0 Å². The third-order valence-electron chi connectivity index (χ3n) is 1.33. The molecular formula is C6H5FeNO5S. The zero-order valence-electron chi connectivity index (χ0n) is 6.60. The monoisotopic (exact) mass is 259 g/mol. The van der Waals surface area contributed by atoms with Crippen molar-refractivity contribution in [3.05, 3.63) is 34.4 Å². The summed E-state index contributed by atoms with van der Waals surface area (Å²) in [4.78, 5) is 8.98. The van der Waals surface area contributed by atoms with E-state index in [1.54, 1.807) is 0 Å². The number of hydrogen-bond donors (Lipinski definition) is 1. The summed E-state index contributed by atoms with van der Waals surface area (Å²) in [5.41, 5.74) is -0.380. The van der Waals surface area contributed by atoms with Gasteiger partial charge >= 0.3 is 0 Å². The number of hydrogen-bond acceptors (Lipinski definition) is 4. The van der Waals surface area contributed by atoms with Crippen LogP contribution in [0.1, 0.15) is 0 Å². The number of nitrogens with zero attached hydrogens (tertiary/aromatic N) is 1. The van der Waals surface area contributed by atoms with E-state index in [1.807, 2.05) is 0 Å². The Labute approximate surface area is 90.3 Å². The van der Waals surface area contributed by atoms with Gasteiger partial charge in [0.15, 0.2) is 0 Å². The SMILES string of the molecule is O=[N+]([O-])c1cccc(S(=O)(=O)O)c1.[Fe]. The second kappa shape index (κ2) is 4.52. The smallest absolute Gasteiger partial charge is 0.282 e. The Morgan fingerprint density at radius 3 is 2.36 bits per heavy atom. The molecule has 14 heavy (non-hydrogen) atoms. The molecule has 0 aliphatic rings. The zero-order chi connectivity index (χ0) is 10.1. The second-order valence-electron chi connectivity index (χ2n) is 2.23. The summed E-state index contributed by atoms with van der Waals surface area (Å²) in [6, 6.07) is 4.17. The molecule has 0 aliphatic carbocycles. The van der Waals surface area contributed by atoms with Gasteiger partial charge in [-0.2, -0.15) is 8.42 Å². The maximum absolute atomic E-state index is 10.5. The van der Waals surface area contributed by atoms with Crippen molar-refractivity contribution in [2.45, 2.75) is 4.90 Å². The van der Waals surface area contributed by atoms with Crippen LogP contribution in [0.2, 0.25) is 0 Å². The fourth-order valence-corrected chi connectivity index (χ4v) is 1.28. The van der Waals surface area contributed by atoms with Gasteiger partial charge in [-0.25, -0.2) is 0 Å². The molecule has 1 rings (SSSR count). The van der Waals surface area contributed by atoms with Crippen LogP contribution < -0.4 is 0 Å². The normalized spacial score (nSPS) is 10.4. The number of nitro benzene ring substituents is 1. The summed E-state index contributed by atoms with van der Waals surface area (Å²) >= 11 is 0. The first-order valence-electron chi connectivity index (χ1n) is 3.13. The average molecular weight is 259 g/mol. The third-order valence-corrected chi connectivity index (χ3v) is 2.18. The molecule has 0 bridgehead atoms. The molecule has 0 saturated carbocycles. The predicted molar refractivity (Wildman–Crippen MR) is 42.9 cm³/mol. The van der Waals surface area contributed by atoms with Gasteiger partial charge in [0.25, 0.3) is 15.8 Å². The molecular weight excluding hydrogens is 254 g/mol. The van der Waals surface area contributed by atoms with Gasteiger partial charge in [-0.3, -0.25) is 14.7 Å². The van der Waals surface area contributed by atoms with Crippen molar-refractivity contribution >= 4 is 15.8 Å². The van der Waals surface area contributed by atoms with E-state index in [0.29, 0.717) is 0 Å². The second-order valence-corrected chi connectivity index (χ2v) is 3.65. The minimum absolute atomic E-state index is 0. The van der Waals surface area contributed by atoms with Gasteiger partial charge in [0, 0.05) is 29.2 Å². The average Bonchev–Trinajstić information content (AvgIpc) is 2.03. The molecule has 0 radical (unpaired) electrons. The fourth-order valence-electron chi connectivity index (χ4n) is 0.758. The molecule has 8 heteroatoms. The van der Waals surface area contributed by atoms with E-state index in [4.69, 9.17) is 4.55 Å². The Bertz CT molecular complexity index is 443. The van der Waals surface area contributed by atoms with Gasteiger partial charge < -0.3 is 0 Å². The van der Waals surface area contributed by atoms with Crippen LogP contribution >= 0.6 is 0 Å². The van der Waals surface area contributed by atoms with E-state index in [1.165, 1.54) is 6.07 Å². The number of rotatable bonds is 2. The van der Waals surface area contributed by atoms with Crippen molar-refractivity contribution in [1.29, 1.82) is 0 Å². The molecule has 0 aromatic heterocycles. The molecule has 0 aliphatic heterocycles.